The van der Waals surface area contributed by atoms with Gasteiger partial charge in [-0.1, -0.05) is 30.3 Å². The Morgan fingerprint density at radius 1 is 1.35 bits per heavy atom. The lowest BCUT2D eigenvalue weighted by atomic mass is 9.83. The molecule has 1 aliphatic heterocycles. The molecule has 0 aromatic heterocycles. The second-order valence-electron chi connectivity index (χ2n) is 5.16. The Kier molecular flexibility index (Phi) is 7.24. The molecule has 0 saturated carbocycles. The van der Waals surface area contributed by atoms with Crippen molar-refractivity contribution in [2.45, 2.75) is 19.8 Å². The van der Waals surface area contributed by atoms with Crippen molar-refractivity contribution in [3.8, 4) is 6.07 Å². The van der Waals surface area contributed by atoms with Crippen LogP contribution in [0, 0.1) is 11.3 Å². The van der Waals surface area contributed by atoms with E-state index in [-0.39, 0.29) is 35.3 Å². The molecule has 136 valence electrons. The number of benzene rings is 1. The normalized spacial score (nSPS) is 17.1. The average Bonchev–Trinajstić information content (AvgIpc) is 2.67. The van der Waals surface area contributed by atoms with Crippen LogP contribution in [0.5, 0.6) is 0 Å². The Balaban J connectivity index is 2.63. The number of hydrogen-bond acceptors (Lipinski definition) is 6. The van der Waals surface area contributed by atoms with E-state index in [2.05, 4.69) is 11.1 Å². The number of rotatable bonds is 7. The Morgan fingerprint density at radius 3 is 2.65 bits per heavy atom. The predicted octanol–water partition coefficient (Wildman–Crippen LogP) is 3.66. The van der Waals surface area contributed by atoms with Gasteiger partial charge in [0.05, 0.1) is 30.6 Å². The molecular weight excluding hydrogens is 356 g/mol. The maximum absolute atomic E-state index is 12.6. The fourth-order valence-electron chi connectivity index (χ4n) is 2.54. The summed E-state index contributed by atoms with van der Waals surface area (Å²) in [5.41, 5.74) is 1.13. The maximum atomic E-state index is 12.6. The van der Waals surface area contributed by atoms with Crippen LogP contribution in [0.15, 0.2) is 58.1 Å². The minimum Gasteiger partial charge on any atom is -0.483 e. The van der Waals surface area contributed by atoms with Crippen molar-refractivity contribution in [1.29, 1.82) is 5.26 Å². The molecule has 0 unspecified atom stereocenters. The van der Waals surface area contributed by atoms with Gasteiger partial charge < -0.3 is 14.2 Å². The van der Waals surface area contributed by atoms with Crippen LogP contribution in [-0.2, 0) is 19.0 Å². The summed E-state index contributed by atoms with van der Waals surface area (Å²) < 4.78 is 15.9. The predicted molar refractivity (Wildman–Crippen MR) is 97.4 cm³/mol. The summed E-state index contributed by atoms with van der Waals surface area (Å²) in [6.45, 7) is 4.13. The first-order chi connectivity index (χ1) is 12.7. The van der Waals surface area contributed by atoms with Crippen LogP contribution in [-0.4, -0.2) is 31.5 Å². The molecule has 0 spiro atoms. The monoisotopic (exact) mass is 374 g/mol. The Bertz CT molecular complexity index is 778. The number of carbonyl (C=O) groups excluding carboxylic acids is 1. The number of carbonyl (C=O) groups is 1. The van der Waals surface area contributed by atoms with Crippen LogP contribution in [0.1, 0.15) is 25.3 Å². The lowest BCUT2D eigenvalue weighted by Crippen LogP contribution is -2.24. The highest BCUT2D eigenvalue weighted by atomic mass is 35.5. The molecule has 0 fully saturated rings. The van der Waals surface area contributed by atoms with Crippen LogP contribution >= 0.6 is 11.6 Å². The molecule has 7 heteroatoms. The Hall–Kier alpha value is -2.78. The van der Waals surface area contributed by atoms with Gasteiger partial charge in [0.15, 0.2) is 6.40 Å². The maximum Gasteiger partial charge on any atom is 0.338 e. The molecule has 1 aliphatic rings. The van der Waals surface area contributed by atoms with E-state index in [9.17, 15) is 10.1 Å². The zero-order chi connectivity index (χ0) is 18.9. The third kappa shape index (κ3) is 4.24. The molecule has 1 atom stereocenters. The minimum absolute atomic E-state index is 0.0542. The molecule has 26 heavy (non-hydrogen) atoms. The van der Waals surface area contributed by atoms with Crippen LogP contribution in [0.2, 0.25) is 0 Å². The zero-order valence-corrected chi connectivity index (χ0v) is 15.3. The Labute approximate surface area is 157 Å². The lowest BCUT2D eigenvalue weighted by molar-refractivity contribution is -0.139. The van der Waals surface area contributed by atoms with Gasteiger partial charge in [0, 0.05) is 0 Å². The average molecular weight is 375 g/mol. The van der Waals surface area contributed by atoms with Crippen LogP contribution in [0.4, 0.5) is 0 Å². The van der Waals surface area contributed by atoms with E-state index in [0.29, 0.717) is 6.61 Å². The SMILES string of the molecule is CCOC=NC1=C(C#N)[C@H](c2ccccc2)C(C(=O)OCC)=C(CCl)O1. The fourth-order valence-corrected chi connectivity index (χ4v) is 2.74. The van der Waals surface area contributed by atoms with Crippen molar-refractivity contribution in [2.24, 2.45) is 4.99 Å². The van der Waals surface area contributed by atoms with E-state index >= 15 is 0 Å². The number of hydrogen-bond donors (Lipinski definition) is 0. The number of halogens is 1. The zero-order valence-electron chi connectivity index (χ0n) is 14.6. The first kappa shape index (κ1) is 19.5. The summed E-state index contributed by atoms with van der Waals surface area (Å²) in [6, 6.07) is 11.2. The molecule has 2 rings (SSSR count). The summed E-state index contributed by atoms with van der Waals surface area (Å²) in [6.07, 6.45) is 1.20. The van der Waals surface area contributed by atoms with Crippen molar-refractivity contribution in [3.05, 3.63) is 58.7 Å². The summed E-state index contributed by atoms with van der Waals surface area (Å²) >= 11 is 6.01. The van der Waals surface area contributed by atoms with E-state index in [1.807, 2.05) is 37.3 Å². The van der Waals surface area contributed by atoms with Gasteiger partial charge >= 0.3 is 5.97 Å². The highest BCUT2D eigenvalue weighted by Gasteiger charge is 2.37. The highest BCUT2D eigenvalue weighted by molar-refractivity contribution is 6.19. The molecule has 0 amide bonds. The summed E-state index contributed by atoms with van der Waals surface area (Å²) in [7, 11) is 0. The van der Waals surface area contributed by atoms with Gasteiger partial charge in [-0.05, 0) is 19.4 Å². The van der Waals surface area contributed by atoms with Crippen molar-refractivity contribution >= 4 is 24.0 Å². The number of ether oxygens (including phenoxy) is 3. The minimum atomic E-state index is -0.684. The number of nitrogens with zero attached hydrogens (tertiary/aromatic N) is 2. The van der Waals surface area contributed by atoms with Crippen LogP contribution in [0.3, 0.4) is 0 Å². The van der Waals surface area contributed by atoms with Crippen molar-refractivity contribution in [2.75, 3.05) is 19.1 Å². The smallest absolute Gasteiger partial charge is 0.338 e. The van der Waals surface area contributed by atoms with Crippen molar-refractivity contribution in [1.82, 2.24) is 0 Å². The molecule has 1 aromatic rings. The molecular formula is C19H19ClN2O4. The van der Waals surface area contributed by atoms with Crippen LogP contribution in [0.25, 0.3) is 0 Å². The fraction of sp³-hybridized carbons (Fsp3) is 0.316. The number of aliphatic imine (C=N–C) groups is 1. The number of alkyl halides is 1. The molecule has 6 nitrogen and oxygen atoms in total. The quantitative estimate of drug-likeness (QED) is 0.315. The summed E-state index contributed by atoms with van der Waals surface area (Å²) in [5.74, 6) is -1.06. The summed E-state index contributed by atoms with van der Waals surface area (Å²) in [5, 5.41) is 9.73. The topological polar surface area (TPSA) is 80.9 Å². The first-order valence-electron chi connectivity index (χ1n) is 8.15. The second kappa shape index (κ2) is 9.64. The van der Waals surface area contributed by atoms with Gasteiger partial charge in [-0.25, -0.2) is 4.79 Å². The molecule has 0 aliphatic carbocycles. The van der Waals surface area contributed by atoms with E-state index in [1.165, 1.54) is 6.40 Å². The van der Waals surface area contributed by atoms with Crippen molar-refractivity contribution in [3.63, 3.8) is 0 Å². The van der Waals surface area contributed by atoms with Crippen LogP contribution < -0.4 is 0 Å². The van der Waals surface area contributed by atoms with E-state index < -0.39 is 11.9 Å². The second-order valence-corrected chi connectivity index (χ2v) is 5.42. The molecule has 1 heterocycles. The first-order valence-corrected chi connectivity index (χ1v) is 8.68. The molecule has 1 aromatic carbocycles. The van der Waals surface area contributed by atoms with Gasteiger partial charge in [-0.2, -0.15) is 10.3 Å². The third-order valence-electron chi connectivity index (χ3n) is 3.61. The largest absolute Gasteiger partial charge is 0.483 e. The van der Waals surface area contributed by atoms with Gasteiger partial charge in [-0.3, -0.25) is 0 Å². The number of nitriles is 1. The highest BCUT2D eigenvalue weighted by Crippen LogP contribution is 2.41. The van der Waals surface area contributed by atoms with E-state index in [1.54, 1.807) is 6.92 Å². The van der Waals surface area contributed by atoms with Gasteiger partial charge in [0.1, 0.15) is 17.4 Å². The molecule has 0 radical (unpaired) electrons. The standard InChI is InChI=1S/C19H19ClN2O4/c1-3-24-12-22-18-14(11-21)16(13-8-6-5-7-9-13)17(15(10-20)26-18)19(23)25-4-2/h5-9,12,16H,3-4,10H2,1-2H3/t16-/m0/s1. The molecule has 0 bridgehead atoms. The van der Waals surface area contributed by atoms with Gasteiger partial charge in [0.2, 0.25) is 5.88 Å². The number of allylic oxidation sites excluding steroid dienone is 2. The lowest BCUT2D eigenvalue weighted by Gasteiger charge is -2.27. The Morgan fingerprint density at radius 2 is 2.08 bits per heavy atom. The van der Waals surface area contributed by atoms with E-state index in [4.69, 9.17) is 25.8 Å². The van der Waals surface area contributed by atoms with Crippen molar-refractivity contribution < 1.29 is 19.0 Å². The number of esters is 1. The van der Waals surface area contributed by atoms with E-state index in [0.717, 1.165) is 5.56 Å². The summed E-state index contributed by atoms with van der Waals surface area (Å²) in [4.78, 5) is 16.6. The molecule has 0 saturated heterocycles. The van der Waals surface area contributed by atoms with Gasteiger partial charge in [-0.15, -0.1) is 11.6 Å². The molecule has 0 N–H and O–H groups in total. The third-order valence-corrected chi connectivity index (χ3v) is 3.85. The van der Waals surface area contributed by atoms with Gasteiger partial charge in [0.25, 0.3) is 0 Å².